The minimum Gasteiger partial charge on any atom is -0.466 e. The number of anilines is 1. The summed E-state index contributed by atoms with van der Waals surface area (Å²) in [6.45, 7) is 5.88. The molecule has 1 aromatic carbocycles. The van der Waals surface area contributed by atoms with E-state index < -0.39 is 5.82 Å². The van der Waals surface area contributed by atoms with Gasteiger partial charge >= 0.3 is 0 Å². The number of carbonyl (C=O) groups excluding carboxylic acids is 2. The Bertz CT molecular complexity index is 849. The van der Waals surface area contributed by atoms with E-state index in [-0.39, 0.29) is 30.0 Å². The van der Waals surface area contributed by atoms with Crippen molar-refractivity contribution in [3.63, 3.8) is 0 Å². The lowest BCUT2D eigenvalue weighted by atomic mass is 9.98. The summed E-state index contributed by atoms with van der Waals surface area (Å²) in [4.78, 5) is 26.6. The Hall–Kier alpha value is -2.67. The third-order valence-electron chi connectivity index (χ3n) is 4.96. The van der Waals surface area contributed by atoms with E-state index in [1.807, 2.05) is 11.8 Å². The number of rotatable bonds is 6. The van der Waals surface area contributed by atoms with Crippen LogP contribution in [0, 0.1) is 25.6 Å². The van der Waals surface area contributed by atoms with Crippen LogP contribution >= 0.6 is 0 Å². The molecule has 28 heavy (non-hydrogen) atoms. The van der Waals surface area contributed by atoms with Crippen LogP contribution in [-0.4, -0.2) is 42.9 Å². The van der Waals surface area contributed by atoms with E-state index in [0.29, 0.717) is 30.2 Å². The number of para-hydroxylation sites is 1. The standard InChI is InChI=1S/C21H26FN3O3/c1-14-10-17(15(2)28-14)21(27)23-11-16-6-5-9-25(12-16)13-20(26)24-19-8-4-3-7-18(19)22/h3-4,7-8,10,16H,5-6,9,11-13H2,1-2H3,(H,23,27)(H,24,26). The number of likely N-dealkylation sites (tertiary alicyclic amines) is 1. The number of hydrogen-bond donors (Lipinski definition) is 2. The van der Waals surface area contributed by atoms with Gasteiger partial charge in [-0.3, -0.25) is 14.5 Å². The second-order valence-corrected chi connectivity index (χ2v) is 7.31. The molecular weight excluding hydrogens is 361 g/mol. The van der Waals surface area contributed by atoms with Crippen LogP contribution < -0.4 is 10.6 Å². The molecule has 2 aromatic rings. The maximum atomic E-state index is 13.7. The van der Waals surface area contributed by atoms with Gasteiger partial charge in [0.25, 0.3) is 5.91 Å². The van der Waals surface area contributed by atoms with Gasteiger partial charge in [0, 0.05) is 13.1 Å². The summed E-state index contributed by atoms with van der Waals surface area (Å²) < 4.78 is 19.1. The van der Waals surface area contributed by atoms with Crippen molar-refractivity contribution in [2.24, 2.45) is 5.92 Å². The summed E-state index contributed by atoms with van der Waals surface area (Å²) in [5, 5.41) is 5.59. The third-order valence-corrected chi connectivity index (χ3v) is 4.96. The molecule has 0 radical (unpaired) electrons. The zero-order valence-corrected chi connectivity index (χ0v) is 16.3. The first-order valence-corrected chi connectivity index (χ1v) is 9.54. The van der Waals surface area contributed by atoms with E-state index in [2.05, 4.69) is 10.6 Å². The van der Waals surface area contributed by atoms with Gasteiger partial charge in [-0.1, -0.05) is 12.1 Å². The quantitative estimate of drug-likeness (QED) is 0.799. The Morgan fingerprint density at radius 3 is 2.79 bits per heavy atom. The molecule has 0 aliphatic carbocycles. The van der Waals surface area contributed by atoms with Crippen LogP contribution in [0.25, 0.3) is 0 Å². The molecule has 1 aliphatic rings. The molecule has 1 unspecified atom stereocenters. The van der Waals surface area contributed by atoms with Crippen LogP contribution in [0.4, 0.5) is 10.1 Å². The van der Waals surface area contributed by atoms with Gasteiger partial charge in [0.1, 0.15) is 17.3 Å². The Morgan fingerprint density at radius 2 is 2.07 bits per heavy atom. The van der Waals surface area contributed by atoms with E-state index >= 15 is 0 Å². The Morgan fingerprint density at radius 1 is 1.29 bits per heavy atom. The van der Waals surface area contributed by atoms with Gasteiger partial charge in [-0.05, 0) is 57.4 Å². The molecule has 1 aromatic heterocycles. The second-order valence-electron chi connectivity index (χ2n) is 7.31. The summed E-state index contributed by atoms with van der Waals surface area (Å²) in [6, 6.07) is 7.87. The number of nitrogens with zero attached hydrogens (tertiary/aromatic N) is 1. The van der Waals surface area contributed by atoms with Crippen LogP contribution in [0.2, 0.25) is 0 Å². The predicted molar refractivity (Wildman–Crippen MR) is 105 cm³/mol. The van der Waals surface area contributed by atoms with Crippen LogP contribution in [0.1, 0.15) is 34.7 Å². The molecule has 1 fully saturated rings. The van der Waals surface area contributed by atoms with Crippen LogP contribution in [-0.2, 0) is 4.79 Å². The molecule has 7 heteroatoms. The van der Waals surface area contributed by atoms with Crippen molar-refractivity contribution in [1.82, 2.24) is 10.2 Å². The minimum absolute atomic E-state index is 0.135. The lowest BCUT2D eigenvalue weighted by Crippen LogP contribution is -2.44. The fraction of sp³-hybridized carbons (Fsp3) is 0.429. The first kappa shape index (κ1) is 20.1. The van der Waals surface area contributed by atoms with E-state index in [0.717, 1.165) is 19.4 Å². The lowest BCUT2D eigenvalue weighted by molar-refractivity contribution is -0.117. The maximum Gasteiger partial charge on any atom is 0.254 e. The highest BCUT2D eigenvalue weighted by Crippen LogP contribution is 2.18. The fourth-order valence-electron chi connectivity index (χ4n) is 3.61. The molecule has 1 saturated heterocycles. The van der Waals surface area contributed by atoms with Gasteiger partial charge in [0.15, 0.2) is 0 Å². The predicted octanol–water partition coefficient (Wildman–Crippen LogP) is 3.12. The number of aryl methyl sites for hydroxylation is 2. The van der Waals surface area contributed by atoms with Gasteiger partial charge in [0.2, 0.25) is 5.91 Å². The summed E-state index contributed by atoms with van der Waals surface area (Å²) >= 11 is 0. The summed E-state index contributed by atoms with van der Waals surface area (Å²) in [7, 11) is 0. The van der Waals surface area contributed by atoms with E-state index in [9.17, 15) is 14.0 Å². The van der Waals surface area contributed by atoms with Gasteiger partial charge in [-0.2, -0.15) is 0 Å². The largest absolute Gasteiger partial charge is 0.466 e. The number of furan rings is 1. The number of nitrogens with one attached hydrogen (secondary N) is 2. The Labute approximate surface area is 164 Å². The monoisotopic (exact) mass is 387 g/mol. The average molecular weight is 387 g/mol. The van der Waals surface area contributed by atoms with Gasteiger partial charge in [-0.15, -0.1) is 0 Å². The molecule has 0 saturated carbocycles. The van der Waals surface area contributed by atoms with Crippen molar-refractivity contribution in [1.29, 1.82) is 0 Å². The molecule has 1 aliphatic heterocycles. The number of benzene rings is 1. The van der Waals surface area contributed by atoms with E-state index in [1.54, 1.807) is 31.2 Å². The topological polar surface area (TPSA) is 74.6 Å². The van der Waals surface area contributed by atoms with Crippen LogP contribution in [0.15, 0.2) is 34.7 Å². The molecular formula is C21H26FN3O3. The molecule has 0 spiro atoms. The molecule has 3 rings (SSSR count). The zero-order chi connectivity index (χ0) is 20.1. The second kappa shape index (κ2) is 9.01. The minimum atomic E-state index is -0.445. The number of hydrogen-bond acceptors (Lipinski definition) is 4. The molecule has 150 valence electrons. The number of carbonyl (C=O) groups is 2. The normalized spacial score (nSPS) is 17.3. The number of halogens is 1. The van der Waals surface area contributed by atoms with Crippen molar-refractivity contribution in [3.8, 4) is 0 Å². The molecule has 0 bridgehead atoms. The number of piperidine rings is 1. The SMILES string of the molecule is Cc1cc(C(=O)NCC2CCCN(CC(=O)Nc3ccccc3F)C2)c(C)o1. The van der Waals surface area contributed by atoms with Gasteiger partial charge in [0.05, 0.1) is 17.8 Å². The highest BCUT2D eigenvalue weighted by atomic mass is 19.1. The van der Waals surface area contributed by atoms with Crippen molar-refractivity contribution in [3.05, 3.63) is 53.2 Å². The zero-order valence-electron chi connectivity index (χ0n) is 16.3. The van der Waals surface area contributed by atoms with Crippen molar-refractivity contribution < 1.29 is 18.4 Å². The van der Waals surface area contributed by atoms with Crippen LogP contribution in [0.3, 0.4) is 0 Å². The Kier molecular flexibility index (Phi) is 6.46. The van der Waals surface area contributed by atoms with E-state index in [1.165, 1.54) is 6.07 Å². The van der Waals surface area contributed by atoms with Crippen molar-refractivity contribution in [2.75, 3.05) is 31.5 Å². The average Bonchev–Trinajstić information content (AvgIpc) is 3.00. The first-order valence-electron chi connectivity index (χ1n) is 9.54. The van der Waals surface area contributed by atoms with Crippen molar-refractivity contribution in [2.45, 2.75) is 26.7 Å². The Balaban J connectivity index is 1.47. The van der Waals surface area contributed by atoms with E-state index in [4.69, 9.17) is 4.42 Å². The maximum absolute atomic E-state index is 13.7. The molecule has 2 N–H and O–H groups in total. The van der Waals surface area contributed by atoms with Gasteiger partial charge in [-0.25, -0.2) is 4.39 Å². The molecule has 6 nitrogen and oxygen atoms in total. The van der Waals surface area contributed by atoms with Gasteiger partial charge < -0.3 is 15.1 Å². The summed E-state index contributed by atoms with van der Waals surface area (Å²) in [5.41, 5.74) is 0.758. The molecule has 2 amide bonds. The lowest BCUT2D eigenvalue weighted by Gasteiger charge is -2.32. The smallest absolute Gasteiger partial charge is 0.254 e. The third kappa shape index (κ3) is 5.19. The molecule has 1 atom stereocenters. The first-order chi connectivity index (χ1) is 13.4. The fourth-order valence-corrected chi connectivity index (χ4v) is 3.61. The van der Waals surface area contributed by atoms with Crippen LogP contribution in [0.5, 0.6) is 0 Å². The summed E-state index contributed by atoms with van der Waals surface area (Å²) in [5.74, 6) is 0.785. The molecule has 2 heterocycles. The highest BCUT2D eigenvalue weighted by Gasteiger charge is 2.23. The highest BCUT2D eigenvalue weighted by molar-refractivity contribution is 5.95. The van der Waals surface area contributed by atoms with Crippen molar-refractivity contribution >= 4 is 17.5 Å². The number of amides is 2. The summed E-state index contributed by atoms with van der Waals surface area (Å²) in [6.07, 6.45) is 1.95.